The Kier molecular flexibility index (Phi) is 3.59. The third kappa shape index (κ3) is 2.42. The monoisotopic (exact) mass is 221 g/mol. The van der Waals surface area contributed by atoms with Crippen molar-refractivity contribution in [3.8, 4) is 6.07 Å². The summed E-state index contributed by atoms with van der Waals surface area (Å²) in [4.78, 5) is 22.7. The van der Waals surface area contributed by atoms with Crippen molar-refractivity contribution in [3.63, 3.8) is 0 Å². The molecule has 4 heteroatoms. The minimum absolute atomic E-state index is 0.209. The number of carbonyl (C=O) groups is 2. The normalized spacial score (nSPS) is 11.5. The lowest BCUT2D eigenvalue weighted by atomic mass is 9.96. The van der Waals surface area contributed by atoms with Crippen LogP contribution in [-0.4, -0.2) is 11.6 Å². The maximum atomic E-state index is 11.7. The lowest BCUT2D eigenvalue weighted by molar-refractivity contribution is -0.118. The molecule has 0 radical (unpaired) electrons. The standard InChI is InChI=1S/C11H8ClNO2/c1-7(14)9(6-13)11(15)8-4-2-3-5-10(8)12/h2-5,9H,1H3. The molecule has 3 nitrogen and oxygen atoms in total. The fraction of sp³-hybridized carbons (Fsp3) is 0.182. The molecular weight excluding hydrogens is 214 g/mol. The van der Waals surface area contributed by atoms with Crippen LogP contribution in [0.15, 0.2) is 24.3 Å². The Morgan fingerprint density at radius 2 is 2.00 bits per heavy atom. The van der Waals surface area contributed by atoms with Gasteiger partial charge in [0.2, 0.25) is 0 Å². The fourth-order valence-corrected chi connectivity index (χ4v) is 1.38. The van der Waals surface area contributed by atoms with Crippen molar-refractivity contribution in [2.75, 3.05) is 0 Å². The number of carbonyl (C=O) groups excluding carboxylic acids is 2. The Morgan fingerprint density at radius 3 is 2.47 bits per heavy atom. The maximum Gasteiger partial charge on any atom is 0.189 e. The summed E-state index contributed by atoms with van der Waals surface area (Å²) in [5, 5.41) is 8.94. The SMILES string of the molecule is CC(=O)C(C#N)C(=O)c1ccccc1Cl. The van der Waals surface area contributed by atoms with E-state index in [9.17, 15) is 9.59 Å². The van der Waals surface area contributed by atoms with Crippen molar-refractivity contribution in [3.05, 3.63) is 34.9 Å². The fourth-order valence-electron chi connectivity index (χ4n) is 1.15. The molecule has 0 heterocycles. The van der Waals surface area contributed by atoms with Gasteiger partial charge in [0.25, 0.3) is 0 Å². The quantitative estimate of drug-likeness (QED) is 0.581. The number of halogens is 1. The highest BCUT2D eigenvalue weighted by Crippen LogP contribution is 2.19. The molecule has 1 aromatic carbocycles. The number of hydrogen-bond donors (Lipinski definition) is 0. The van der Waals surface area contributed by atoms with Crippen molar-refractivity contribution >= 4 is 23.2 Å². The molecule has 1 rings (SSSR count). The molecule has 0 aliphatic heterocycles. The zero-order valence-corrected chi connectivity index (χ0v) is 8.78. The lowest BCUT2D eigenvalue weighted by Gasteiger charge is -2.05. The highest BCUT2D eigenvalue weighted by atomic mass is 35.5. The molecule has 1 unspecified atom stereocenters. The number of Topliss-reactive ketones (excluding diaryl/α,β-unsaturated/α-hetero) is 2. The van der Waals surface area contributed by atoms with Crippen LogP contribution in [0.1, 0.15) is 17.3 Å². The number of nitriles is 1. The number of rotatable bonds is 3. The molecule has 0 amide bonds. The van der Waals surface area contributed by atoms with Crippen LogP contribution in [0.25, 0.3) is 0 Å². The van der Waals surface area contributed by atoms with Crippen LogP contribution in [0, 0.1) is 17.2 Å². The van der Waals surface area contributed by atoms with Gasteiger partial charge in [-0.2, -0.15) is 5.26 Å². The number of nitrogens with zero attached hydrogens (tertiary/aromatic N) is 1. The molecule has 0 N–H and O–H groups in total. The van der Waals surface area contributed by atoms with E-state index in [-0.39, 0.29) is 10.6 Å². The predicted molar refractivity (Wildman–Crippen MR) is 55.6 cm³/mol. The molecule has 1 aromatic rings. The molecule has 0 bridgehead atoms. The van der Waals surface area contributed by atoms with Crippen LogP contribution >= 0.6 is 11.6 Å². The van der Waals surface area contributed by atoms with E-state index in [1.165, 1.54) is 13.0 Å². The molecule has 1 atom stereocenters. The second-order valence-electron chi connectivity index (χ2n) is 3.02. The number of ketones is 2. The smallest absolute Gasteiger partial charge is 0.189 e. The Bertz CT molecular complexity index is 448. The molecule has 0 saturated heterocycles. The zero-order valence-electron chi connectivity index (χ0n) is 8.03. The van der Waals surface area contributed by atoms with Gasteiger partial charge in [0.15, 0.2) is 17.5 Å². The van der Waals surface area contributed by atoms with E-state index in [0.29, 0.717) is 0 Å². The van der Waals surface area contributed by atoms with E-state index in [2.05, 4.69) is 0 Å². The molecule has 0 fully saturated rings. The number of benzene rings is 1. The second-order valence-corrected chi connectivity index (χ2v) is 3.42. The lowest BCUT2D eigenvalue weighted by Crippen LogP contribution is -2.20. The van der Waals surface area contributed by atoms with E-state index < -0.39 is 17.5 Å². The van der Waals surface area contributed by atoms with Crippen molar-refractivity contribution in [1.29, 1.82) is 5.26 Å². The second kappa shape index (κ2) is 4.72. The van der Waals surface area contributed by atoms with E-state index in [0.717, 1.165) is 0 Å². The average molecular weight is 222 g/mol. The van der Waals surface area contributed by atoms with Gasteiger partial charge in [0.05, 0.1) is 11.1 Å². The Labute approximate surface area is 92.3 Å². The molecule has 0 spiro atoms. The van der Waals surface area contributed by atoms with Crippen molar-refractivity contribution in [1.82, 2.24) is 0 Å². The van der Waals surface area contributed by atoms with Gasteiger partial charge in [0, 0.05) is 5.56 Å². The van der Waals surface area contributed by atoms with Crippen LogP contribution in [-0.2, 0) is 4.79 Å². The van der Waals surface area contributed by atoms with Crippen LogP contribution in [0.2, 0.25) is 5.02 Å². The summed E-state index contributed by atoms with van der Waals surface area (Å²) < 4.78 is 0. The minimum Gasteiger partial charge on any atom is -0.298 e. The van der Waals surface area contributed by atoms with Crippen LogP contribution in [0.3, 0.4) is 0 Å². The summed E-state index contributed by atoms with van der Waals surface area (Å²) in [5.74, 6) is -2.28. The summed E-state index contributed by atoms with van der Waals surface area (Å²) in [5.41, 5.74) is 0.209. The van der Waals surface area contributed by atoms with Gasteiger partial charge >= 0.3 is 0 Å². The van der Waals surface area contributed by atoms with Crippen molar-refractivity contribution in [2.45, 2.75) is 6.92 Å². The van der Waals surface area contributed by atoms with Gasteiger partial charge in [-0.25, -0.2) is 0 Å². The van der Waals surface area contributed by atoms with Gasteiger partial charge in [-0.3, -0.25) is 9.59 Å². The molecular formula is C11H8ClNO2. The van der Waals surface area contributed by atoms with E-state index in [4.69, 9.17) is 16.9 Å². The minimum atomic E-state index is -1.26. The third-order valence-electron chi connectivity index (χ3n) is 1.94. The molecule has 76 valence electrons. The average Bonchev–Trinajstić information content (AvgIpc) is 2.18. The maximum absolute atomic E-state index is 11.7. The van der Waals surface area contributed by atoms with Gasteiger partial charge in [-0.05, 0) is 19.1 Å². The largest absolute Gasteiger partial charge is 0.298 e. The van der Waals surface area contributed by atoms with Crippen molar-refractivity contribution in [2.24, 2.45) is 5.92 Å². The Hall–Kier alpha value is -1.66. The van der Waals surface area contributed by atoms with Crippen LogP contribution in [0.4, 0.5) is 0 Å². The third-order valence-corrected chi connectivity index (χ3v) is 2.27. The van der Waals surface area contributed by atoms with Crippen LogP contribution < -0.4 is 0 Å². The van der Waals surface area contributed by atoms with Crippen molar-refractivity contribution < 1.29 is 9.59 Å². The van der Waals surface area contributed by atoms with Gasteiger partial charge in [-0.15, -0.1) is 0 Å². The molecule has 0 aliphatic rings. The Morgan fingerprint density at radius 1 is 1.40 bits per heavy atom. The zero-order chi connectivity index (χ0) is 11.4. The highest BCUT2D eigenvalue weighted by Gasteiger charge is 2.25. The Balaban J connectivity index is 3.10. The number of hydrogen-bond acceptors (Lipinski definition) is 3. The van der Waals surface area contributed by atoms with E-state index in [1.54, 1.807) is 24.3 Å². The molecule has 15 heavy (non-hydrogen) atoms. The summed E-state index contributed by atoms with van der Waals surface area (Å²) in [7, 11) is 0. The molecule has 0 aliphatic carbocycles. The van der Waals surface area contributed by atoms with Crippen LogP contribution in [0.5, 0.6) is 0 Å². The first-order valence-electron chi connectivity index (χ1n) is 4.26. The predicted octanol–water partition coefficient (Wildman–Crippen LogP) is 2.25. The topological polar surface area (TPSA) is 57.9 Å². The first kappa shape index (κ1) is 11.4. The molecule has 0 aromatic heterocycles. The summed E-state index contributed by atoms with van der Waals surface area (Å²) in [6, 6.07) is 8.02. The highest BCUT2D eigenvalue weighted by molar-refractivity contribution is 6.34. The van der Waals surface area contributed by atoms with E-state index in [1.807, 2.05) is 0 Å². The van der Waals surface area contributed by atoms with Gasteiger partial charge < -0.3 is 0 Å². The summed E-state index contributed by atoms with van der Waals surface area (Å²) in [6.07, 6.45) is 0. The van der Waals surface area contributed by atoms with Gasteiger partial charge in [0.1, 0.15) is 0 Å². The molecule has 0 saturated carbocycles. The summed E-state index contributed by atoms with van der Waals surface area (Å²) in [6.45, 7) is 1.21. The van der Waals surface area contributed by atoms with E-state index >= 15 is 0 Å². The first-order chi connectivity index (χ1) is 7.07. The van der Waals surface area contributed by atoms with Gasteiger partial charge in [-0.1, -0.05) is 23.7 Å². The summed E-state index contributed by atoms with van der Waals surface area (Å²) >= 11 is 5.78. The first-order valence-corrected chi connectivity index (χ1v) is 4.64.